The summed E-state index contributed by atoms with van der Waals surface area (Å²) >= 11 is 0. The summed E-state index contributed by atoms with van der Waals surface area (Å²) in [7, 11) is 0. The van der Waals surface area contributed by atoms with Crippen LogP contribution in [0.5, 0.6) is 0 Å². The third-order valence-electron chi connectivity index (χ3n) is 2.38. The number of nitrogens with zero attached hydrogens (tertiary/aromatic N) is 2. The van der Waals surface area contributed by atoms with Crippen molar-refractivity contribution in [3.8, 4) is 0 Å². The lowest BCUT2D eigenvalue weighted by atomic mass is 10.1. The second kappa shape index (κ2) is 4.76. The van der Waals surface area contributed by atoms with Gasteiger partial charge in [0.2, 0.25) is 0 Å². The molecule has 0 saturated heterocycles. The molecule has 1 unspecified atom stereocenters. The molecule has 0 spiro atoms. The molecule has 0 aliphatic heterocycles. The molecule has 2 aromatic heterocycles. The van der Waals surface area contributed by atoms with Gasteiger partial charge in [0.15, 0.2) is 0 Å². The lowest BCUT2D eigenvalue weighted by molar-refractivity contribution is 0.460. The third-order valence-corrected chi connectivity index (χ3v) is 2.38. The van der Waals surface area contributed by atoms with Crippen LogP contribution in [0.3, 0.4) is 0 Å². The molecule has 0 aromatic carbocycles. The van der Waals surface area contributed by atoms with Crippen LogP contribution in [0.15, 0.2) is 41.5 Å². The van der Waals surface area contributed by atoms with Gasteiger partial charge in [0.25, 0.3) is 0 Å². The molecule has 2 aromatic rings. The van der Waals surface area contributed by atoms with Crippen molar-refractivity contribution >= 4 is 12.7 Å². The Hall–Kier alpha value is -2.20. The summed E-state index contributed by atoms with van der Waals surface area (Å²) in [5.74, 6) is 0.614. The Bertz CT molecular complexity index is 616. The molecular formula is C13H13N3O. The van der Waals surface area contributed by atoms with E-state index in [2.05, 4.69) is 23.4 Å². The van der Waals surface area contributed by atoms with Gasteiger partial charge in [0.1, 0.15) is 17.2 Å². The Morgan fingerprint density at radius 2 is 2.29 bits per heavy atom. The summed E-state index contributed by atoms with van der Waals surface area (Å²) in [6.45, 7) is 7.43. The highest BCUT2D eigenvalue weighted by atomic mass is 16.3. The molecule has 2 rings (SSSR count). The van der Waals surface area contributed by atoms with Gasteiger partial charge in [-0.1, -0.05) is 25.3 Å². The lowest BCUT2D eigenvalue weighted by Crippen LogP contribution is -2.16. The summed E-state index contributed by atoms with van der Waals surface area (Å²) in [5, 5.41) is 8.61. The van der Waals surface area contributed by atoms with E-state index < -0.39 is 6.04 Å². The second-order valence-corrected chi connectivity index (χ2v) is 3.56. The molecule has 4 heteroatoms. The van der Waals surface area contributed by atoms with Gasteiger partial charge in [0, 0.05) is 11.4 Å². The molecule has 1 atom stereocenters. The number of allylic oxidation sites excluding steroid dienone is 1. The Morgan fingerprint density at radius 1 is 1.47 bits per heavy atom. The number of furan rings is 1. The topological polar surface area (TPSA) is 64.9 Å². The minimum atomic E-state index is -0.434. The minimum absolute atomic E-state index is 0.434. The van der Waals surface area contributed by atoms with Crippen LogP contribution in [0.25, 0.3) is 12.7 Å². The first-order valence-electron chi connectivity index (χ1n) is 5.17. The van der Waals surface area contributed by atoms with Crippen molar-refractivity contribution in [3.63, 3.8) is 0 Å². The maximum Gasteiger partial charge on any atom is 0.128 e. The fourth-order valence-electron chi connectivity index (χ4n) is 1.51. The van der Waals surface area contributed by atoms with Crippen LogP contribution < -0.4 is 16.4 Å². The van der Waals surface area contributed by atoms with Gasteiger partial charge in [-0.3, -0.25) is 0 Å². The van der Waals surface area contributed by atoms with Gasteiger partial charge in [-0.15, -0.1) is 0 Å². The molecule has 2 N–H and O–H groups in total. The number of rotatable bonds is 3. The minimum Gasteiger partial charge on any atom is -0.460 e. The lowest BCUT2D eigenvalue weighted by Gasteiger charge is -2.05. The molecular weight excluding hydrogens is 214 g/mol. The third kappa shape index (κ3) is 2.32. The first-order chi connectivity index (χ1) is 8.22. The average Bonchev–Trinajstić information content (AvgIpc) is 2.72. The van der Waals surface area contributed by atoms with Crippen molar-refractivity contribution < 1.29 is 4.42 Å². The SMILES string of the molecule is C=C/C=c1/cc(C(N)c2cccnn2)oc1=C. The molecule has 86 valence electrons. The average molecular weight is 227 g/mol. The molecule has 0 fully saturated rings. The Kier molecular flexibility index (Phi) is 3.16. The van der Waals surface area contributed by atoms with E-state index in [4.69, 9.17) is 10.2 Å². The van der Waals surface area contributed by atoms with Crippen LogP contribution in [-0.2, 0) is 0 Å². The van der Waals surface area contributed by atoms with Crippen molar-refractivity contribution in [3.05, 3.63) is 59.1 Å². The van der Waals surface area contributed by atoms with Crippen molar-refractivity contribution in [2.24, 2.45) is 5.73 Å². The first-order valence-corrected chi connectivity index (χ1v) is 5.17. The van der Waals surface area contributed by atoms with Crippen molar-refractivity contribution in [2.75, 3.05) is 0 Å². The van der Waals surface area contributed by atoms with Crippen LogP contribution in [0.2, 0.25) is 0 Å². The molecule has 0 aliphatic rings. The Morgan fingerprint density at radius 3 is 2.94 bits per heavy atom. The molecule has 0 saturated carbocycles. The highest BCUT2D eigenvalue weighted by Crippen LogP contribution is 2.13. The quantitative estimate of drug-likeness (QED) is 0.829. The van der Waals surface area contributed by atoms with Crippen molar-refractivity contribution in [2.45, 2.75) is 6.04 Å². The number of nitrogens with two attached hydrogens (primary N) is 1. The molecule has 0 radical (unpaired) electrons. The van der Waals surface area contributed by atoms with E-state index in [-0.39, 0.29) is 0 Å². The predicted octanol–water partition coefficient (Wildman–Crippen LogP) is 0.495. The van der Waals surface area contributed by atoms with Gasteiger partial charge in [0.05, 0.1) is 5.69 Å². The maximum absolute atomic E-state index is 6.03. The van der Waals surface area contributed by atoms with E-state index in [1.54, 1.807) is 24.4 Å². The van der Waals surface area contributed by atoms with Gasteiger partial charge in [-0.25, -0.2) is 0 Å². The van der Waals surface area contributed by atoms with Gasteiger partial charge in [-0.05, 0) is 18.2 Å². The predicted molar refractivity (Wildman–Crippen MR) is 66.2 cm³/mol. The molecule has 2 heterocycles. The van der Waals surface area contributed by atoms with E-state index in [9.17, 15) is 0 Å². The van der Waals surface area contributed by atoms with Crippen LogP contribution in [0.4, 0.5) is 0 Å². The molecule has 4 nitrogen and oxygen atoms in total. The van der Waals surface area contributed by atoms with Crippen LogP contribution in [-0.4, -0.2) is 10.2 Å². The van der Waals surface area contributed by atoms with Gasteiger partial charge in [-0.2, -0.15) is 10.2 Å². The Balaban J connectivity index is 2.42. The van der Waals surface area contributed by atoms with E-state index >= 15 is 0 Å². The largest absolute Gasteiger partial charge is 0.460 e. The van der Waals surface area contributed by atoms with Crippen molar-refractivity contribution in [1.29, 1.82) is 0 Å². The zero-order chi connectivity index (χ0) is 12.3. The van der Waals surface area contributed by atoms with Gasteiger partial charge >= 0.3 is 0 Å². The summed E-state index contributed by atoms with van der Waals surface area (Å²) in [6, 6.07) is 4.99. The standard InChI is InChI=1S/C13H13N3O/c1-3-5-10-8-12(17-9(10)2)13(14)11-6-4-7-15-16-11/h3-8,13H,1-2,14H2/b10-5-. The van der Waals surface area contributed by atoms with E-state index in [1.807, 2.05) is 12.1 Å². The highest BCUT2D eigenvalue weighted by molar-refractivity contribution is 5.36. The monoisotopic (exact) mass is 227 g/mol. The van der Waals surface area contributed by atoms with E-state index in [0.29, 0.717) is 16.9 Å². The van der Waals surface area contributed by atoms with Crippen molar-refractivity contribution in [1.82, 2.24) is 10.2 Å². The second-order valence-electron chi connectivity index (χ2n) is 3.56. The fourth-order valence-corrected chi connectivity index (χ4v) is 1.51. The number of aromatic nitrogens is 2. The number of hydrogen-bond acceptors (Lipinski definition) is 4. The Labute approximate surface area is 98.8 Å². The zero-order valence-electron chi connectivity index (χ0n) is 9.34. The maximum atomic E-state index is 6.03. The smallest absolute Gasteiger partial charge is 0.128 e. The summed E-state index contributed by atoms with van der Waals surface area (Å²) in [6.07, 6.45) is 5.10. The van der Waals surface area contributed by atoms with Crippen LogP contribution in [0, 0.1) is 0 Å². The zero-order valence-corrected chi connectivity index (χ0v) is 9.34. The fraction of sp³-hybridized carbons (Fsp3) is 0.0769. The van der Waals surface area contributed by atoms with E-state index in [1.165, 1.54) is 0 Å². The first kappa shape index (κ1) is 11.3. The molecule has 0 aliphatic carbocycles. The normalized spacial score (nSPS) is 13.6. The number of hydrogen-bond donors (Lipinski definition) is 1. The summed E-state index contributed by atoms with van der Waals surface area (Å²) < 4.78 is 5.50. The van der Waals surface area contributed by atoms with E-state index in [0.717, 1.165) is 5.22 Å². The molecule has 0 bridgehead atoms. The highest BCUT2D eigenvalue weighted by Gasteiger charge is 2.13. The summed E-state index contributed by atoms with van der Waals surface area (Å²) in [5.41, 5.74) is 7.26. The van der Waals surface area contributed by atoms with Crippen LogP contribution >= 0.6 is 0 Å². The van der Waals surface area contributed by atoms with Gasteiger partial charge < -0.3 is 10.2 Å². The molecule has 0 amide bonds. The molecule has 17 heavy (non-hydrogen) atoms. The summed E-state index contributed by atoms with van der Waals surface area (Å²) in [4.78, 5) is 0. The van der Waals surface area contributed by atoms with Crippen LogP contribution in [0.1, 0.15) is 17.5 Å².